The summed E-state index contributed by atoms with van der Waals surface area (Å²) < 4.78 is 0. The number of rotatable bonds is 10. The van der Waals surface area contributed by atoms with Crippen LogP contribution in [0.15, 0.2) is 54.6 Å². The van der Waals surface area contributed by atoms with Crippen LogP contribution in [-0.2, 0) is 25.9 Å². The lowest BCUT2D eigenvalue weighted by Gasteiger charge is -2.30. The summed E-state index contributed by atoms with van der Waals surface area (Å²) in [5.41, 5.74) is 10.5. The molecular weight excluding hydrogens is 388 g/mol. The van der Waals surface area contributed by atoms with Crippen LogP contribution in [0.1, 0.15) is 74.0 Å². The van der Waals surface area contributed by atoms with Gasteiger partial charge in [-0.05, 0) is 73.9 Å². The molecule has 0 saturated heterocycles. The standard InChI is InChI=1S/C30H40N2/c1-7-14-23(5)32(20-25-15-11-10-12-16-25)21-28-22(4)19-29(31-24(28)6)30-26(8-2)17-13-18-27(30)9-3/h10-13,15-19,23H,7-9,14,20-21H2,1-6H3. The van der Waals surface area contributed by atoms with Crippen LogP contribution in [-0.4, -0.2) is 15.9 Å². The molecule has 0 amide bonds. The molecule has 0 aliphatic heterocycles. The summed E-state index contributed by atoms with van der Waals surface area (Å²) in [6.07, 6.45) is 4.48. The Morgan fingerprint density at radius 1 is 0.844 bits per heavy atom. The molecule has 0 aliphatic carbocycles. The topological polar surface area (TPSA) is 16.1 Å². The minimum Gasteiger partial charge on any atom is -0.292 e. The number of aromatic nitrogens is 1. The van der Waals surface area contributed by atoms with Crippen molar-refractivity contribution in [3.63, 3.8) is 0 Å². The third kappa shape index (κ3) is 5.66. The summed E-state index contributed by atoms with van der Waals surface area (Å²) in [6.45, 7) is 15.5. The van der Waals surface area contributed by atoms with Gasteiger partial charge in [0.1, 0.15) is 0 Å². The van der Waals surface area contributed by atoms with Crippen molar-refractivity contribution in [1.82, 2.24) is 9.88 Å². The maximum absolute atomic E-state index is 5.16. The molecule has 1 aromatic heterocycles. The molecule has 0 aliphatic rings. The lowest BCUT2D eigenvalue weighted by Crippen LogP contribution is -2.32. The van der Waals surface area contributed by atoms with E-state index in [9.17, 15) is 0 Å². The minimum atomic E-state index is 0.534. The van der Waals surface area contributed by atoms with Gasteiger partial charge in [-0.2, -0.15) is 0 Å². The molecule has 0 bridgehead atoms. The summed E-state index contributed by atoms with van der Waals surface area (Å²) in [7, 11) is 0. The molecule has 1 heterocycles. The van der Waals surface area contributed by atoms with Crippen LogP contribution in [0.25, 0.3) is 11.3 Å². The van der Waals surface area contributed by atoms with Gasteiger partial charge < -0.3 is 0 Å². The van der Waals surface area contributed by atoms with Crippen molar-refractivity contribution in [2.45, 2.75) is 86.4 Å². The number of pyridine rings is 1. The molecule has 32 heavy (non-hydrogen) atoms. The van der Waals surface area contributed by atoms with Crippen molar-refractivity contribution in [3.05, 3.63) is 88.1 Å². The first-order chi connectivity index (χ1) is 15.5. The Hall–Kier alpha value is -2.45. The van der Waals surface area contributed by atoms with Crippen molar-refractivity contribution < 1.29 is 0 Å². The highest BCUT2D eigenvalue weighted by Gasteiger charge is 2.19. The van der Waals surface area contributed by atoms with Crippen LogP contribution >= 0.6 is 0 Å². The molecule has 2 heteroatoms. The first-order valence-electron chi connectivity index (χ1n) is 12.3. The second kappa shape index (κ2) is 11.4. The van der Waals surface area contributed by atoms with E-state index < -0.39 is 0 Å². The number of nitrogens with zero attached hydrogens (tertiary/aromatic N) is 2. The molecule has 0 radical (unpaired) electrons. The molecule has 0 saturated carbocycles. The van der Waals surface area contributed by atoms with E-state index >= 15 is 0 Å². The smallest absolute Gasteiger partial charge is 0.0713 e. The highest BCUT2D eigenvalue weighted by molar-refractivity contribution is 5.69. The number of benzene rings is 2. The number of hydrogen-bond donors (Lipinski definition) is 0. The van der Waals surface area contributed by atoms with E-state index in [1.54, 1.807) is 0 Å². The molecule has 1 unspecified atom stereocenters. The Morgan fingerprint density at radius 3 is 2.06 bits per heavy atom. The van der Waals surface area contributed by atoms with Crippen LogP contribution in [0, 0.1) is 13.8 Å². The van der Waals surface area contributed by atoms with E-state index in [1.165, 1.54) is 46.2 Å². The quantitative estimate of drug-likeness (QED) is 0.329. The molecule has 0 spiro atoms. The van der Waals surface area contributed by atoms with E-state index in [4.69, 9.17) is 4.98 Å². The summed E-state index contributed by atoms with van der Waals surface area (Å²) >= 11 is 0. The van der Waals surface area contributed by atoms with Crippen molar-refractivity contribution in [1.29, 1.82) is 0 Å². The molecule has 0 fully saturated rings. The number of aryl methyl sites for hydroxylation is 4. The molecule has 3 rings (SSSR count). The van der Waals surface area contributed by atoms with Gasteiger partial charge in [-0.1, -0.05) is 75.7 Å². The van der Waals surface area contributed by atoms with E-state index in [0.717, 1.165) is 37.3 Å². The maximum Gasteiger partial charge on any atom is 0.0713 e. The predicted molar refractivity (Wildman–Crippen MR) is 138 cm³/mol. The Bertz CT molecular complexity index is 961. The molecule has 0 N–H and O–H groups in total. The van der Waals surface area contributed by atoms with Crippen molar-refractivity contribution in [3.8, 4) is 11.3 Å². The first kappa shape index (κ1) is 24.2. The zero-order valence-electron chi connectivity index (χ0n) is 20.9. The Kier molecular flexibility index (Phi) is 8.64. The highest BCUT2D eigenvalue weighted by Crippen LogP contribution is 2.30. The lowest BCUT2D eigenvalue weighted by molar-refractivity contribution is 0.180. The fourth-order valence-electron chi connectivity index (χ4n) is 4.79. The van der Waals surface area contributed by atoms with Gasteiger partial charge in [-0.15, -0.1) is 0 Å². The Balaban J connectivity index is 1.96. The molecule has 2 nitrogen and oxygen atoms in total. The summed E-state index contributed by atoms with van der Waals surface area (Å²) in [5.74, 6) is 0. The van der Waals surface area contributed by atoms with E-state index in [1.807, 2.05) is 0 Å². The Labute approximate surface area is 195 Å². The summed E-state index contributed by atoms with van der Waals surface area (Å²) in [4.78, 5) is 7.78. The first-order valence-corrected chi connectivity index (χ1v) is 12.3. The molecule has 1 atom stereocenters. The third-order valence-electron chi connectivity index (χ3n) is 6.73. The Morgan fingerprint density at radius 2 is 1.50 bits per heavy atom. The van der Waals surface area contributed by atoms with Gasteiger partial charge in [0.25, 0.3) is 0 Å². The second-order valence-electron chi connectivity index (χ2n) is 9.08. The zero-order chi connectivity index (χ0) is 23.1. The fraction of sp³-hybridized carbons (Fsp3) is 0.433. The average Bonchev–Trinajstić information content (AvgIpc) is 2.80. The molecule has 3 aromatic rings. The predicted octanol–water partition coefficient (Wildman–Crippen LogP) is 7.68. The SMILES string of the molecule is CCCC(C)N(Cc1ccccc1)Cc1c(C)cc(-c2c(CC)cccc2CC)nc1C. The zero-order valence-corrected chi connectivity index (χ0v) is 20.9. The minimum absolute atomic E-state index is 0.534. The van der Waals surface area contributed by atoms with Crippen molar-refractivity contribution in [2.75, 3.05) is 0 Å². The van der Waals surface area contributed by atoms with Crippen molar-refractivity contribution >= 4 is 0 Å². The molecule has 170 valence electrons. The van der Waals surface area contributed by atoms with Crippen LogP contribution in [0.4, 0.5) is 0 Å². The largest absolute Gasteiger partial charge is 0.292 e. The van der Waals surface area contributed by atoms with Gasteiger partial charge in [-0.3, -0.25) is 9.88 Å². The van der Waals surface area contributed by atoms with Gasteiger partial charge in [0.05, 0.1) is 5.69 Å². The van der Waals surface area contributed by atoms with Crippen molar-refractivity contribution in [2.24, 2.45) is 0 Å². The average molecular weight is 429 g/mol. The van der Waals surface area contributed by atoms with Crippen LogP contribution in [0.5, 0.6) is 0 Å². The van der Waals surface area contributed by atoms with Gasteiger partial charge in [0.2, 0.25) is 0 Å². The summed E-state index contributed by atoms with van der Waals surface area (Å²) in [6, 6.07) is 20.4. The molecular formula is C30H40N2. The van der Waals surface area contributed by atoms with Gasteiger partial charge in [0, 0.05) is 30.4 Å². The monoisotopic (exact) mass is 428 g/mol. The van der Waals surface area contributed by atoms with Gasteiger partial charge >= 0.3 is 0 Å². The van der Waals surface area contributed by atoms with Gasteiger partial charge in [0.15, 0.2) is 0 Å². The van der Waals surface area contributed by atoms with Crippen LogP contribution in [0.2, 0.25) is 0 Å². The highest BCUT2D eigenvalue weighted by atomic mass is 15.1. The van der Waals surface area contributed by atoms with E-state index in [-0.39, 0.29) is 0 Å². The van der Waals surface area contributed by atoms with Gasteiger partial charge in [-0.25, -0.2) is 0 Å². The fourth-order valence-corrected chi connectivity index (χ4v) is 4.79. The number of hydrogen-bond acceptors (Lipinski definition) is 2. The van der Waals surface area contributed by atoms with E-state index in [0.29, 0.717) is 6.04 Å². The lowest BCUT2D eigenvalue weighted by atomic mass is 9.93. The normalized spacial score (nSPS) is 12.3. The van der Waals surface area contributed by atoms with E-state index in [2.05, 4.69) is 101 Å². The third-order valence-corrected chi connectivity index (χ3v) is 6.73. The molecule has 2 aromatic carbocycles. The maximum atomic E-state index is 5.16. The second-order valence-corrected chi connectivity index (χ2v) is 9.08. The summed E-state index contributed by atoms with van der Waals surface area (Å²) in [5, 5.41) is 0. The van der Waals surface area contributed by atoms with Crippen LogP contribution < -0.4 is 0 Å². The van der Waals surface area contributed by atoms with Crippen LogP contribution in [0.3, 0.4) is 0 Å².